The molecule has 1 aromatic rings. The van der Waals surface area contributed by atoms with Gasteiger partial charge in [-0.15, -0.1) is 0 Å². The van der Waals surface area contributed by atoms with Crippen LogP contribution in [0, 0.1) is 0 Å². The molecule has 1 aliphatic rings. The highest BCUT2D eigenvalue weighted by Crippen LogP contribution is 2.30. The van der Waals surface area contributed by atoms with Crippen LogP contribution in [0.3, 0.4) is 0 Å². The van der Waals surface area contributed by atoms with Crippen LogP contribution in [-0.2, 0) is 10.0 Å². The van der Waals surface area contributed by atoms with E-state index < -0.39 is 10.0 Å². The molecule has 22 heavy (non-hydrogen) atoms. The van der Waals surface area contributed by atoms with E-state index in [1.165, 1.54) is 7.11 Å². The first-order chi connectivity index (χ1) is 10.4. The Morgan fingerprint density at radius 1 is 1.18 bits per heavy atom. The molecule has 1 fully saturated rings. The van der Waals surface area contributed by atoms with Crippen molar-refractivity contribution in [3.63, 3.8) is 0 Å². The van der Waals surface area contributed by atoms with Gasteiger partial charge in [0.25, 0.3) is 0 Å². The summed E-state index contributed by atoms with van der Waals surface area (Å²) in [7, 11) is -1.98. The topological polar surface area (TPSA) is 49.9 Å². The van der Waals surface area contributed by atoms with Gasteiger partial charge in [-0.2, -0.15) is 4.31 Å². The number of piperazine rings is 1. The highest BCUT2D eigenvalue weighted by atomic mass is 32.2. The summed E-state index contributed by atoms with van der Waals surface area (Å²) in [5, 5.41) is 0. The Bertz CT molecular complexity index is 606. The van der Waals surface area contributed by atoms with Gasteiger partial charge in [-0.3, -0.25) is 0 Å². The molecule has 1 heterocycles. The van der Waals surface area contributed by atoms with E-state index in [2.05, 4.69) is 25.7 Å². The Labute approximate surface area is 133 Å². The molecule has 0 N–H and O–H groups in total. The van der Waals surface area contributed by atoms with E-state index in [1.54, 1.807) is 10.4 Å². The Kier molecular flexibility index (Phi) is 5.47. The zero-order valence-electron chi connectivity index (χ0n) is 13.9. The highest BCUT2D eigenvalue weighted by molar-refractivity contribution is 7.89. The predicted molar refractivity (Wildman–Crippen MR) is 88.0 cm³/mol. The zero-order chi connectivity index (χ0) is 16.3. The van der Waals surface area contributed by atoms with Gasteiger partial charge >= 0.3 is 0 Å². The quantitative estimate of drug-likeness (QED) is 0.832. The first kappa shape index (κ1) is 17.2. The SMILES string of the molecule is CCN1CCN(S(=O)(=O)c2ccc(C(C)C)cc2OC)CC1. The Balaban J connectivity index is 2.30. The maximum Gasteiger partial charge on any atom is 0.246 e. The van der Waals surface area contributed by atoms with Crippen LogP contribution >= 0.6 is 0 Å². The number of ether oxygens (including phenoxy) is 1. The molecule has 2 rings (SSSR count). The van der Waals surface area contributed by atoms with Crippen molar-refractivity contribution in [2.24, 2.45) is 0 Å². The summed E-state index contributed by atoms with van der Waals surface area (Å²) in [6.45, 7) is 9.83. The molecule has 0 amide bonds. The molecule has 1 aromatic carbocycles. The van der Waals surface area contributed by atoms with E-state index >= 15 is 0 Å². The highest BCUT2D eigenvalue weighted by Gasteiger charge is 2.30. The van der Waals surface area contributed by atoms with Gasteiger partial charge in [0.1, 0.15) is 10.6 Å². The maximum absolute atomic E-state index is 12.9. The number of sulfonamides is 1. The predicted octanol–water partition coefficient (Wildman–Crippen LogP) is 2.14. The summed E-state index contributed by atoms with van der Waals surface area (Å²) < 4.78 is 32.6. The second kappa shape index (κ2) is 6.98. The second-order valence-corrected chi connectivity index (χ2v) is 7.81. The Morgan fingerprint density at radius 2 is 1.82 bits per heavy atom. The van der Waals surface area contributed by atoms with Crippen LogP contribution in [0.2, 0.25) is 0 Å². The van der Waals surface area contributed by atoms with Gasteiger partial charge in [-0.05, 0) is 30.2 Å². The molecule has 0 aliphatic carbocycles. The van der Waals surface area contributed by atoms with Gasteiger partial charge in [-0.1, -0.05) is 26.8 Å². The fourth-order valence-corrected chi connectivity index (χ4v) is 4.24. The monoisotopic (exact) mass is 326 g/mol. The standard InChI is InChI=1S/C16H26N2O3S/c1-5-17-8-10-18(11-9-17)22(19,20)16-7-6-14(13(2)3)12-15(16)21-4/h6-7,12-13H,5,8-11H2,1-4H3. The third-order valence-corrected chi connectivity index (χ3v) is 6.19. The number of nitrogens with zero attached hydrogens (tertiary/aromatic N) is 2. The molecular weight excluding hydrogens is 300 g/mol. The summed E-state index contributed by atoms with van der Waals surface area (Å²) in [5.74, 6) is 0.767. The van der Waals surface area contributed by atoms with E-state index in [4.69, 9.17) is 4.74 Å². The second-order valence-electron chi connectivity index (χ2n) is 5.90. The number of methoxy groups -OCH3 is 1. The largest absolute Gasteiger partial charge is 0.495 e. The van der Waals surface area contributed by atoms with Crippen molar-refractivity contribution in [3.8, 4) is 5.75 Å². The van der Waals surface area contributed by atoms with Crippen molar-refractivity contribution in [3.05, 3.63) is 23.8 Å². The molecule has 0 aromatic heterocycles. The Morgan fingerprint density at radius 3 is 2.32 bits per heavy atom. The summed E-state index contributed by atoms with van der Waals surface area (Å²) in [4.78, 5) is 2.52. The summed E-state index contributed by atoms with van der Waals surface area (Å²) in [5.41, 5.74) is 1.08. The molecular formula is C16H26N2O3S. The average molecular weight is 326 g/mol. The Hall–Kier alpha value is -1.11. The van der Waals surface area contributed by atoms with E-state index in [9.17, 15) is 8.42 Å². The van der Waals surface area contributed by atoms with Crippen molar-refractivity contribution in [1.29, 1.82) is 0 Å². The third kappa shape index (κ3) is 3.45. The minimum atomic E-state index is -3.50. The molecule has 0 bridgehead atoms. The van der Waals surface area contributed by atoms with Crippen LogP contribution in [0.4, 0.5) is 0 Å². The van der Waals surface area contributed by atoms with E-state index in [-0.39, 0.29) is 4.90 Å². The summed E-state index contributed by atoms with van der Waals surface area (Å²) >= 11 is 0. The van der Waals surface area contributed by atoms with Gasteiger partial charge in [0, 0.05) is 26.2 Å². The number of rotatable bonds is 5. The molecule has 1 aliphatic heterocycles. The maximum atomic E-state index is 12.9. The fourth-order valence-electron chi connectivity index (χ4n) is 2.68. The number of likely N-dealkylation sites (N-methyl/N-ethyl adjacent to an activating group) is 1. The van der Waals surface area contributed by atoms with Crippen LogP contribution in [0.25, 0.3) is 0 Å². The molecule has 0 radical (unpaired) electrons. The molecule has 6 heteroatoms. The summed E-state index contributed by atoms with van der Waals surface area (Å²) in [6, 6.07) is 5.39. The molecule has 0 unspecified atom stereocenters. The van der Waals surface area contributed by atoms with Gasteiger partial charge in [-0.25, -0.2) is 8.42 Å². The first-order valence-electron chi connectivity index (χ1n) is 7.80. The van der Waals surface area contributed by atoms with Crippen molar-refractivity contribution in [2.45, 2.75) is 31.6 Å². The van der Waals surface area contributed by atoms with Crippen LogP contribution < -0.4 is 4.74 Å². The molecule has 0 spiro atoms. The average Bonchev–Trinajstić information content (AvgIpc) is 2.54. The van der Waals surface area contributed by atoms with Gasteiger partial charge in [0.05, 0.1) is 7.11 Å². The van der Waals surface area contributed by atoms with Gasteiger partial charge in [0.15, 0.2) is 0 Å². The van der Waals surface area contributed by atoms with Crippen LogP contribution in [0.1, 0.15) is 32.3 Å². The van der Waals surface area contributed by atoms with Crippen LogP contribution in [0.5, 0.6) is 5.75 Å². The lowest BCUT2D eigenvalue weighted by atomic mass is 10.0. The number of hydrogen-bond acceptors (Lipinski definition) is 4. The lowest BCUT2D eigenvalue weighted by Gasteiger charge is -2.33. The van der Waals surface area contributed by atoms with Crippen molar-refractivity contribution >= 4 is 10.0 Å². The third-order valence-electron chi connectivity index (χ3n) is 4.25. The first-order valence-corrected chi connectivity index (χ1v) is 9.24. The molecule has 0 saturated carbocycles. The normalized spacial score (nSPS) is 17.9. The molecule has 0 atom stereocenters. The minimum Gasteiger partial charge on any atom is -0.495 e. The van der Waals surface area contributed by atoms with Gasteiger partial charge < -0.3 is 9.64 Å². The van der Waals surface area contributed by atoms with E-state index in [1.807, 2.05) is 12.1 Å². The fraction of sp³-hybridized carbons (Fsp3) is 0.625. The number of benzene rings is 1. The minimum absolute atomic E-state index is 0.268. The molecule has 1 saturated heterocycles. The van der Waals surface area contributed by atoms with E-state index in [0.29, 0.717) is 24.8 Å². The molecule has 5 nitrogen and oxygen atoms in total. The zero-order valence-corrected chi connectivity index (χ0v) is 14.7. The lowest BCUT2D eigenvalue weighted by molar-refractivity contribution is 0.196. The van der Waals surface area contributed by atoms with Crippen LogP contribution in [-0.4, -0.2) is 57.5 Å². The van der Waals surface area contributed by atoms with Crippen molar-refractivity contribution in [2.75, 3.05) is 39.8 Å². The smallest absolute Gasteiger partial charge is 0.246 e. The van der Waals surface area contributed by atoms with E-state index in [0.717, 1.165) is 25.2 Å². The summed E-state index contributed by atoms with van der Waals surface area (Å²) in [6.07, 6.45) is 0. The van der Waals surface area contributed by atoms with Crippen LogP contribution in [0.15, 0.2) is 23.1 Å². The molecule has 124 valence electrons. The van der Waals surface area contributed by atoms with Crippen molar-refractivity contribution < 1.29 is 13.2 Å². The lowest BCUT2D eigenvalue weighted by Crippen LogP contribution is -2.48. The van der Waals surface area contributed by atoms with Gasteiger partial charge in [0.2, 0.25) is 10.0 Å². The number of hydrogen-bond donors (Lipinski definition) is 0. The van der Waals surface area contributed by atoms with Crippen molar-refractivity contribution in [1.82, 2.24) is 9.21 Å².